The maximum Gasteiger partial charge on any atom is 0.435 e. The molecule has 0 radical (unpaired) electrons. The van der Waals surface area contributed by atoms with Gasteiger partial charge in [0.05, 0.1) is 18.4 Å². The lowest BCUT2D eigenvalue weighted by Gasteiger charge is -2.12. The summed E-state index contributed by atoms with van der Waals surface area (Å²) in [7, 11) is 1.46. The van der Waals surface area contributed by atoms with Crippen LogP contribution in [0.5, 0.6) is 5.75 Å². The average Bonchev–Trinajstić information content (AvgIpc) is 2.75. The van der Waals surface area contributed by atoms with Gasteiger partial charge in [0.1, 0.15) is 5.75 Å². The van der Waals surface area contributed by atoms with Gasteiger partial charge in [-0.15, -0.1) is 0 Å². The quantitative estimate of drug-likeness (QED) is 0.879. The van der Waals surface area contributed by atoms with Crippen molar-refractivity contribution in [2.75, 3.05) is 6.61 Å². The molecule has 1 atom stereocenters. The van der Waals surface area contributed by atoms with Crippen molar-refractivity contribution in [3.63, 3.8) is 0 Å². The van der Waals surface area contributed by atoms with E-state index in [1.165, 1.54) is 11.7 Å². The van der Waals surface area contributed by atoms with Crippen LogP contribution < -0.4 is 4.74 Å². The summed E-state index contributed by atoms with van der Waals surface area (Å²) in [6.45, 7) is 0.479. The fourth-order valence-electron chi connectivity index (χ4n) is 2.58. The summed E-state index contributed by atoms with van der Waals surface area (Å²) in [5, 5.41) is 13.5. The fraction of sp³-hybridized carbons (Fsp3) is 0.400. The summed E-state index contributed by atoms with van der Waals surface area (Å²) in [5.74, 6) is 0.511. The van der Waals surface area contributed by atoms with Gasteiger partial charge >= 0.3 is 6.18 Å². The number of aromatic nitrogens is 2. The van der Waals surface area contributed by atoms with E-state index in [4.69, 9.17) is 4.74 Å². The Morgan fingerprint density at radius 2 is 2.09 bits per heavy atom. The van der Waals surface area contributed by atoms with E-state index in [-0.39, 0.29) is 0 Å². The number of hydrogen-bond acceptors (Lipinski definition) is 3. The van der Waals surface area contributed by atoms with Gasteiger partial charge in [0, 0.05) is 18.2 Å². The number of benzene rings is 1. The minimum Gasteiger partial charge on any atom is -0.493 e. The molecule has 1 aliphatic rings. The Labute approximate surface area is 125 Å². The Hall–Kier alpha value is -2.02. The molecule has 22 heavy (non-hydrogen) atoms. The summed E-state index contributed by atoms with van der Waals surface area (Å²) in [4.78, 5) is 0. The zero-order chi connectivity index (χ0) is 15.9. The second-order valence-electron chi connectivity index (χ2n) is 5.30. The monoisotopic (exact) mass is 312 g/mol. The predicted molar refractivity (Wildman–Crippen MR) is 73.3 cm³/mol. The van der Waals surface area contributed by atoms with E-state index in [9.17, 15) is 18.3 Å². The molecule has 0 amide bonds. The number of aliphatic hydroxyl groups is 1. The molecule has 0 saturated carbocycles. The van der Waals surface area contributed by atoms with Crippen LogP contribution in [0.1, 0.15) is 30.2 Å². The maximum atomic E-state index is 12.7. The average molecular weight is 312 g/mol. The number of halogens is 3. The summed E-state index contributed by atoms with van der Waals surface area (Å²) >= 11 is 0. The van der Waals surface area contributed by atoms with Gasteiger partial charge in [0.2, 0.25) is 0 Å². The first-order valence-corrected chi connectivity index (χ1v) is 6.92. The minimum absolute atomic E-state index is 0.345. The van der Waals surface area contributed by atoms with Crippen molar-refractivity contribution in [1.82, 2.24) is 9.78 Å². The van der Waals surface area contributed by atoms with E-state index in [0.29, 0.717) is 35.6 Å². The van der Waals surface area contributed by atoms with E-state index in [0.717, 1.165) is 12.5 Å². The molecule has 4 nitrogen and oxygen atoms in total. The highest BCUT2D eigenvalue weighted by Gasteiger charge is 2.34. The van der Waals surface area contributed by atoms with Crippen LogP contribution >= 0.6 is 0 Å². The molecule has 1 unspecified atom stereocenters. The molecule has 0 bridgehead atoms. The smallest absolute Gasteiger partial charge is 0.435 e. The van der Waals surface area contributed by atoms with Gasteiger partial charge in [-0.05, 0) is 25.0 Å². The van der Waals surface area contributed by atoms with Crippen LogP contribution in [0.25, 0.3) is 11.3 Å². The number of alkyl halides is 3. The van der Waals surface area contributed by atoms with Crippen molar-refractivity contribution >= 4 is 0 Å². The van der Waals surface area contributed by atoms with Crippen molar-refractivity contribution in [2.24, 2.45) is 7.05 Å². The molecule has 1 aliphatic heterocycles. The Balaban J connectivity index is 2.03. The summed E-state index contributed by atoms with van der Waals surface area (Å²) in [6, 6.07) is 6.03. The Morgan fingerprint density at radius 3 is 2.77 bits per heavy atom. The molecule has 3 rings (SSSR count). The standard InChI is InChI=1S/C15H15F3N2O2/c1-20-11(8-14(19-20)15(16,17)18)9-4-5-10-12(21)3-2-6-22-13(10)7-9/h4-5,7-8,12,21H,2-3,6H2,1H3. The molecule has 0 spiro atoms. The molecule has 1 aromatic carbocycles. The molecule has 1 N–H and O–H groups in total. The number of fused-ring (bicyclic) bond motifs is 1. The van der Waals surface area contributed by atoms with Gasteiger partial charge in [0.25, 0.3) is 0 Å². The SMILES string of the molecule is Cn1nc(C(F)(F)F)cc1-c1ccc2c(c1)OCCCC2O. The minimum atomic E-state index is -4.48. The van der Waals surface area contributed by atoms with Crippen LogP contribution in [0, 0.1) is 0 Å². The van der Waals surface area contributed by atoms with Crippen molar-refractivity contribution in [3.05, 3.63) is 35.5 Å². The van der Waals surface area contributed by atoms with E-state index >= 15 is 0 Å². The van der Waals surface area contributed by atoms with Crippen LogP contribution in [-0.2, 0) is 13.2 Å². The lowest BCUT2D eigenvalue weighted by Crippen LogP contribution is -2.06. The van der Waals surface area contributed by atoms with E-state index in [1.807, 2.05) is 0 Å². The second kappa shape index (κ2) is 5.31. The van der Waals surface area contributed by atoms with Gasteiger partial charge in [-0.3, -0.25) is 4.68 Å². The predicted octanol–water partition coefficient (Wildman–Crippen LogP) is 3.31. The van der Waals surface area contributed by atoms with Gasteiger partial charge in [-0.2, -0.15) is 18.3 Å². The fourth-order valence-corrected chi connectivity index (χ4v) is 2.58. The van der Waals surface area contributed by atoms with Gasteiger partial charge in [-0.1, -0.05) is 12.1 Å². The summed E-state index contributed by atoms with van der Waals surface area (Å²) < 4.78 is 45.0. The number of ether oxygens (including phenoxy) is 1. The lowest BCUT2D eigenvalue weighted by molar-refractivity contribution is -0.141. The first kappa shape index (κ1) is 14.9. The molecule has 0 fully saturated rings. The number of aryl methyl sites for hydroxylation is 1. The van der Waals surface area contributed by atoms with E-state index in [1.54, 1.807) is 18.2 Å². The Kier molecular flexibility index (Phi) is 3.60. The van der Waals surface area contributed by atoms with Gasteiger partial charge in [0.15, 0.2) is 5.69 Å². The van der Waals surface area contributed by atoms with Crippen LogP contribution in [0.3, 0.4) is 0 Å². The third kappa shape index (κ3) is 2.68. The zero-order valence-corrected chi connectivity index (χ0v) is 11.9. The number of aliphatic hydroxyl groups excluding tert-OH is 1. The lowest BCUT2D eigenvalue weighted by atomic mass is 10.0. The largest absolute Gasteiger partial charge is 0.493 e. The van der Waals surface area contributed by atoms with Gasteiger partial charge in [-0.25, -0.2) is 0 Å². The Bertz CT molecular complexity index is 695. The number of hydrogen-bond donors (Lipinski definition) is 1. The highest BCUT2D eigenvalue weighted by Crippen LogP contribution is 2.36. The topological polar surface area (TPSA) is 47.3 Å². The molecule has 0 aliphatic carbocycles. The molecule has 2 heterocycles. The highest BCUT2D eigenvalue weighted by molar-refractivity contribution is 5.64. The summed E-state index contributed by atoms with van der Waals surface area (Å²) in [5.41, 5.74) is 0.649. The van der Waals surface area contributed by atoms with Crippen LogP contribution in [-0.4, -0.2) is 21.5 Å². The molecule has 7 heteroatoms. The van der Waals surface area contributed by atoms with Crippen molar-refractivity contribution in [1.29, 1.82) is 0 Å². The van der Waals surface area contributed by atoms with Crippen LogP contribution in [0.4, 0.5) is 13.2 Å². The molecule has 2 aromatic rings. The van der Waals surface area contributed by atoms with Crippen molar-refractivity contribution in [3.8, 4) is 17.0 Å². The molecule has 118 valence electrons. The summed E-state index contributed by atoms with van der Waals surface area (Å²) in [6.07, 6.45) is -3.75. The second-order valence-corrected chi connectivity index (χ2v) is 5.30. The zero-order valence-electron chi connectivity index (χ0n) is 11.9. The van der Waals surface area contributed by atoms with Crippen molar-refractivity contribution in [2.45, 2.75) is 25.1 Å². The molecular formula is C15H15F3N2O2. The van der Waals surface area contributed by atoms with Crippen molar-refractivity contribution < 1.29 is 23.0 Å². The van der Waals surface area contributed by atoms with Crippen LogP contribution in [0.2, 0.25) is 0 Å². The first-order chi connectivity index (χ1) is 10.4. The molecule has 0 saturated heterocycles. The van der Waals surface area contributed by atoms with Gasteiger partial charge < -0.3 is 9.84 Å². The third-order valence-corrected chi connectivity index (χ3v) is 3.72. The van der Waals surface area contributed by atoms with Crippen LogP contribution in [0.15, 0.2) is 24.3 Å². The van der Waals surface area contributed by atoms with E-state index < -0.39 is 18.0 Å². The number of rotatable bonds is 1. The van der Waals surface area contributed by atoms with E-state index in [2.05, 4.69) is 5.10 Å². The Morgan fingerprint density at radius 1 is 1.32 bits per heavy atom. The molecule has 1 aromatic heterocycles. The molecular weight excluding hydrogens is 297 g/mol. The highest BCUT2D eigenvalue weighted by atomic mass is 19.4. The normalized spacial score (nSPS) is 18.5. The first-order valence-electron chi connectivity index (χ1n) is 6.92. The maximum absolute atomic E-state index is 12.7. The third-order valence-electron chi connectivity index (χ3n) is 3.72. The number of nitrogens with zero attached hydrogens (tertiary/aromatic N) is 2.